The zero-order valence-electron chi connectivity index (χ0n) is 11.3. The van der Waals surface area contributed by atoms with Gasteiger partial charge in [0.05, 0.1) is 11.0 Å². The van der Waals surface area contributed by atoms with Gasteiger partial charge < -0.3 is 5.11 Å². The summed E-state index contributed by atoms with van der Waals surface area (Å²) in [6, 6.07) is 6.94. The highest BCUT2D eigenvalue weighted by Crippen LogP contribution is 2.21. The molecule has 4 nitrogen and oxygen atoms in total. The normalized spacial score (nSPS) is 21.0. The number of nitrogens with zero attached hydrogens (tertiary/aromatic N) is 1. The molecule has 1 aromatic rings. The highest BCUT2D eigenvalue weighted by atomic mass is 35.5. The number of hydrogen-bond donors (Lipinski definition) is 1. The number of aliphatic hydroxyl groups is 1. The van der Waals surface area contributed by atoms with Crippen molar-refractivity contribution in [3.63, 3.8) is 0 Å². The van der Waals surface area contributed by atoms with Gasteiger partial charge in [0.1, 0.15) is 0 Å². The van der Waals surface area contributed by atoms with Crippen LogP contribution in [0.4, 0.5) is 0 Å². The van der Waals surface area contributed by atoms with E-state index in [2.05, 4.69) is 0 Å². The lowest BCUT2D eigenvalue weighted by molar-refractivity contribution is 0.108. The van der Waals surface area contributed by atoms with Crippen LogP contribution >= 0.6 is 11.6 Å². The van der Waals surface area contributed by atoms with Crippen LogP contribution in [-0.2, 0) is 16.4 Å². The van der Waals surface area contributed by atoms with E-state index in [1.807, 2.05) is 12.1 Å². The number of halogens is 1. The van der Waals surface area contributed by atoms with E-state index in [4.69, 9.17) is 11.6 Å². The van der Waals surface area contributed by atoms with E-state index in [1.165, 1.54) is 4.31 Å². The van der Waals surface area contributed by atoms with Crippen LogP contribution in [0.3, 0.4) is 0 Å². The van der Waals surface area contributed by atoms with Gasteiger partial charge in [0.15, 0.2) is 0 Å². The first kappa shape index (κ1) is 15.8. The smallest absolute Gasteiger partial charge is 0.243 e. The molecule has 1 aliphatic rings. The van der Waals surface area contributed by atoms with Crippen LogP contribution in [0.1, 0.15) is 24.8 Å². The van der Waals surface area contributed by atoms with Crippen LogP contribution in [0.25, 0.3) is 0 Å². The second kappa shape index (κ2) is 6.89. The topological polar surface area (TPSA) is 57.6 Å². The molecule has 1 heterocycles. The average Bonchev–Trinajstić information content (AvgIpc) is 2.45. The van der Waals surface area contributed by atoms with Crippen LogP contribution in [0.5, 0.6) is 0 Å². The summed E-state index contributed by atoms with van der Waals surface area (Å²) in [7, 11) is -3.48. The van der Waals surface area contributed by atoms with Crippen molar-refractivity contribution in [2.75, 3.05) is 19.0 Å². The number of aryl methyl sites for hydroxylation is 1. The zero-order chi connectivity index (χ0) is 14.6. The first-order chi connectivity index (χ1) is 9.54. The maximum absolute atomic E-state index is 12.5. The van der Waals surface area contributed by atoms with Crippen molar-refractivity contribution in [1.82, 2.24) is 4.31 Å². The minimum Gasteiger partial charge on any atom is -0.392 e. The first-order valence-corrected chi connectivity index (χ1v) is 8.84. The molecular weight excluding hydrogens is 298 g/mol. The van der Waals surface area contributed by atoms with E-state index >= 15 is 0 Å². The number of piperidine rings is 1. The summed E-state index contributed by atoms with van der Waals surface area (Å²) >= 11 is 5.64. The van der Waals surface area contributed by atoms with Crippen molar-refractivity contribution in [3.05, 3.63) is 29.8 Å². The Labute approximate surface area is 125 Å². The van der Waals surface area contributed by atoms with Crippen molar-refractivity contribution in [1.29, 1.82) is 0 Å². The lowest BCUT2D eigenvalue weighted by Crippen LogP contribution is -2.42. The van der Waals surface area contributed by atoms with Crippen molar-refractivity contribution in [3.8, 4) is 0 Å². The molecule has 0 bridgehead atoms. The summed E-state index contributed by atoms with van der Waals surface area (Å²) in [5.41, 5.74) is 1.09. The average molecular weight is 318 g/mol. The van der Waals surface area contributed by atoms with E-state index < -0.39 is 16.1 Å². The first-order valence-electron chi connectivity index (χ1n) is 6.87. The van der Waals surface area contributed by atoms with E-state index in [0.29, 0.717) is 30.2 Å². The monoisotopic (exact) mass is 317 g/mol. The Kier molecular flexibility index (Phi) is 5.43. The van der Waals surface area contributed by atoms with Gasteiger partial charge in [-0.15, -0.1) is 11.6 Å². The summed E-state index contributed by atoms with van der Waals surface area (Å²) in [5.74, 6) is 0.603. The molecule has 112 valence electrons. The summed E-state index contributed by atoms with van der Waals surface area (Å²) in [6.45, 7) is 0.670. The van der Waals surface area contributed by atoms with Gasteiger partial charge in [-0.25, -0.2) is 8.42 Å². The van der Waals surface area contributed by atoms with Gasteiger partial charge in [-0.1, -0.05) is 12.1 Å². The molecule has 0 spiro atoms. The van der Waals surface area contributed by atoms with Crippen molar-refractivity contribution < 1.29 is 13.5 Å². The van der Waals surface area contributed by atoms with Crippen molar-refractivity contribution in [2.24, 2.45) is 0 Å². The number of benzene rings is 1. The number of hydrogen-bond acceptors (Lipinski definition) is 3. The number of sulfonamides is 1. The van der Waals surface area contributed by atoms with Crippen LogP contribution < -0.4 is 0 Å². The lowest BCUT2D eigenvalue weighted by Gasteiger charge is -2.29. The Morgan fingerprint density at radius 2 is 2.00 bits per heavy atom. The van der Waals surface area contributed by atoms with Gasteiger partial charge in [-0.05, 0) is 43.4 Å². The van der Waals surface area contributed by atoms with Gasteiger partial charge in [0, 0.05) is 19.0 Å². The number of rotatable bonds is 5. The largest absolute Gasteiger partial charge is 0.392 e. The van der Waals surface area contributed by atoms with Crippen LogP contribution in [0, 0.1) is 0 Å². The third-order valence-corrected chi connectivity index (χ3v) is 5.67. The fourth-order valence-corrected chi connectivity index (χ4v) is 4.04. The number of β-amino-alcohol motifs (C(OH)–C–C–N with tert-alkyl or cyclic N) is 1. The van der Waals surface area contributed by atoms with Gasteiger partial charge in [-0.3, -0.25) is 0 Å². The second-order valence-electron chi connectivity index (χ2n) is 5.10. The van der Waals surface area contributed by atoms with Gasteiger partial charge >= 0.3 is 0 Å². The summed E-state index contributed by atoms with van der Waals surface area (Å²) in [4.78, 5) is 0.293. The molecule has 0 aromatic heterocycles. The molecule has 2 rings (SSSR count). The minimum atomic E-state index is -3.48. The molecule has 0 aliphatic carbocycles. The summed E-state index contributed by atoms with van der Waals surface area (Å²) < 4.78 is 26.3. The molecular formula is C14H20ClNO3S. The Morgan fingerprint density at radius 1 is 1.30 bits per heavy atom. The van der Waals surface area contributed by atoms with E-state index in [1.54, 1.807) is 12.1 Å². The van der Waals surface area contributed by atoms with Gasteiger partial charge in [0.2, 0.25) is 10.0 Å². The van der Waals surface area contributed by atoms with Crippen LogP contribution in [-0.4, -0.2) is 42.9 Å². The third-order valence-electron chi connectivity index (χ3n) is 3.52. The number of aliphatic hydroxyl groups excluding tert-OH is 1. The molecule has 6 heteroatoms. The van der Waals surface area contributed by atoms with Gasteiger partial charge in [-0.2, -0.15) is 4.31 Å². The molecule has 0 amide bonds. The fourth-order valence-electron chi connectivity index (χ4n) is 2.39. The molecule has 1 fully saturated rings. The Bertz CT molecular complexity index is 530. The Morgan fingerprint density at radius 3 is 2.60 bits per heavy atom. The molecule has 1 unspecified atom stereocenters. The highest BCUT2D eigenvalue weighted by Gasteiger charge is 2.29. The zero-order valence-corrected chi connectivity index (χ0v) is 12.9. The van der Waals surface area contributed by atoms with Crippen LogP contribution in [0.2, 0.25) is 0 Å². The minimum absolute atomic E-state index is 0.191. The maximum Gasteiger partial charge on any atom is 0.243 e. The van der Waals surface area contributed by atoms with Crippen molar-refractivity contribution >= 4 is 21.6 Å². The fraction of sp³-hybridized carbons (Fsp3) is 0.571. The maximum atomic E-state index is 12.5. The van der Waals surface area contributed by atoms with E-state index in [-0.39, 0.29) is 6.54 Å². The third kappa shape index (κ3) is 3.73. The predicted octanol–water partition coefficient (Wildman–Crippen LogP) is 2.00. The molecule has 1 atom stereocenters. The quantitative estimate of drug-likeness (QED) is 0.845. The molecule has 20 heavy (non-hydrogen) atoms. The van der Waals surface area contributed by atoms with Gasteiger partial charge in [0.25, 0.3) is 0 Å². The van der Waals surface area contributed by atoms with E-state index in [0.717, 1.165) is 18.4 Å². The molecule has 1 aromatic carbocycles. The second-order valence-corrected chi connectivity index (χ2v) is 7.41. The Balaban J connectivity index is 2.12. The molecule has 1 saturated heterocycles. The highest BCUT2D eigenvalue weighted by molar-refractivity contribution is 7.89. The van der Waals surface area contributed by atoms with Crippen LogP contribution in [0.15, 0.2) is 29.2 Å². The molecule has 0 radical (unpaired) electrons. The SMILES string of the molecule is O=S(=O)(c1ccc(CCCCl)cc1)N1CCCC(O)C1. The summed E-state index contributed by atoms with van der Waals surface area (Å²) in [6.07, 6.45) is 2.55. The molecule has 0 saturated carbocycles. The summed E-state index contributed by atoms with van der Waals surface area (Å²) in [5, 5.41) is 9.61. The van der Waals surface area contributed by atoms with Crippen molar-refractivity contribution in [2.45, 2.75) is 36.7 Å². The molecule has 1 aliphatic heterocycles. The predicted molar refractivity (Wildman–Crippen MR) is 79.5 cm³/mol. The standard InChI is InChI=1S/C14H20ClNO3S/c15-9-1-3-12-5-7-14(8-6-12)20(18,19)16-10-2-4-13(17)11-16/h5-8,13,17H,1-4,9-11H2. The molecule has 1 N–H and O–H groups in total. The van der Waals surface area contributed by atoms with E-state index in [9.17, 15) is 13.5 Å². The number of alkyl halides is 1. The Hall–Kier alpha value is -0.620. The lowest BCUT2D eigenvalue weighted by atomic mass is 10.1.